The molecule has 0 atom stereocenters. The van der Waals surface area contributed by atoms with Gasteiger partial charge in [0.25, 0.3) is 11.8 Å². The first-order chi connectivity index (χ1) is 19.7. The smallest absolute Gasteiger partial charge is 0.303 e. The molecule has 10 nitrogen and oxygen atoms in total. The first-order valence-corrected chi connectivity index (χ1v) is 12.9. The van der Waals surface area contributed by atoms with Gasteiger partial charge in [-0.1, -0.05) is 36.4 Å². The predicted octanol–water partition coefficient (Wildman–Crippen LogP) is 4.63. The van der Waals surface area contributed by atoms with Crippen LogP contribution in [0.3, 0.4) is 0 Å². The molecule has 0 bridgehead atoms. The third-order valence-corrected chi connectivity index (χ3v) is 6.65. The van der Waals surface area contributed by atoms with E-state index in [1.54, 1.807) is 68.7 Å². The van der Waals surface area contributed by atoms with Crippen LogP contribution in [-0.4, -0.2) is 38.5 Å². The Hall–Kier alpha value is -5.51. The summed E-state index contributed by atoms with van der Waals surface area (Å²) in [5.74, 6) is -1.74. The molecule has 206 valence electrons. The molecule has 2 heterocycles. The molecule has 1 aromatic heterocycles. The van der Waals surface area contributed by atoms with E-state index in [0.29, 0.717) is 45.8 Å². The highest BCUT2D eigenvalue weighted by atomic mass is 16.4. The minimum absolute atomic E-state index is 0.0616. The van der Waals surface area contributed by atoms with E-state index < -0.39 is 5.97 Å². The molecule has 0 saturated carbocycles. The maximum atomic E-state index is 13.3. The fraction of sp³-hybridized carbons (Fsp3) is 0.129. The lowest BCUT2D eigenvalue weighted by Crippen LogP contribution is -2.16. The maximum Gasteiger partial charge on any atom is 0.303 e. The molecule has 2 amide bonds. The highest BCUT2D eigenvalue weighted by Gasteiger charge is 2.25. The third kappa shape index (κ3) is 6.06. The van der Waals surface area contributed by atoms with E-state index >= 15 is 0 Å². The molecule has 4 aromatic rings. The van der Waals surface area contributed by atoms with Gasteiger partial charge >= 0.3 is 5.97 Å². The van der Waals surface area contributed by atoms with Crippen LogP contribution >= 0.6 is 0 Å². The number of ketones is 1. The van der Waals surface area contributed by atoms with Gasteiger partial charge in [-0.05, 0) is 55.3 Å². The number of aromatic nitrogens is 2. The molecule has 41 heavy (non-hydrogen) atoms. The van der Waals surface area contributed by atoms with Gasteiger partial charge in [0.1, 0.15) is 5.69 Å². The van der Waals surface area contributed by atoms with Crippen molar-refractivity contribution in [1.82, 2.24) is 9.78 Å². The van der Waals surface area contributed by atoms with Crippen molar-refractivity contribution in [3.05, 3.63) is 113 Å². The van der Waals surface area contributed by atoms with Crippen LogP contribution in [0.15, 0.2) is 79.0 Å². The number of fused-ring (bicyclic) bond motifs is 1. The van der Waals surface area contributed by atoms with Crippen molar-refractivity contribution in [2.24, 2.45) is 7.05 Å². The molecule has 4 N–H and O–H groups in total. The minimum atomic E-state index is -0.846. The van der Waals surface area contributed by atoms with Crippen LogP contribution < -0.4 is 16.0 Å². The Morgan fingerprint density at radius 3 is 2.44 bits per heavy atom. The summed E-state index contributed by atoms with van der Waals surface area (Å²) >= 11 is 0. The minimum Gasteiger partial charge on any atom is -0.481 e. The van der Waals surface area contributed by atoms with Crippen LogP contribution in [0.5, 0.6) is 0 Å². The number of carboxylic acids is 1. The van der Waals surface area contributed by atoms with Gasteiger partial charge < -0.3 is 21.1 Å². The van der Waals surface area contributed by atoms with Crippen molar-refractivity contribution in [2.45, 2.75) is 19.8 Å². The number of nitrogens with one attached hydrogen (secondary N) is 3. The van der Waals surface area contributed by atoms with Crippen molar-refractivity contribution in [2.75, 3.05) is 16.0 Å². The van der Waals surface area contributed by atoms with Crippen LogP contribution in [0.25, 0.3) is 5.57 Å². The zero-order chi connectivity index (χ0) is 29.1. The second-order valence-corrected chi connectivity index (χ2v) is 9.67. The number of benzene rings is 3. The van der Waals surface area contributed by atoms with E-state index in [1.807, 2.05) is 24.3 Å². The summed E-state index contributed by atoms with van der Waals surface area (Å²) in [6, 6.07) is 20.7. The number of rotatable bonds is 9. The summed E-state index contributed by atoms with van der Waals surface area (Å²) < 4.78 is 1.50. The first kappa shape index (κ1) is 27.1. The topological polar surface area (TPSA) is 142 Å². The predicted molar refractivity (Wildman–Crippen MR) is 155 cm³/mol. The van der Waals surface area contributed by atoms with Gasteiger partial charge in [-0.2, -0.15) is 5.10 Å². The average molecular weight is 550 g/mol. The summed E-state index contributed by atoms with van der Waals surface area (Å²) in [4.78, 5) is 49.4. The number of carboxylic acid groups (broad SMARTS) is 1. The zero-order valence-corrected chi connectivity index (χ0v) is 22.4. The summed E-state index contributed by atoms with van der Waals surface area (Å²) in [6.07, 6.45) is 2.11. The Morgan fingerprint density at radius 2 is 1.73 bits per heavy atom. The van der Waals surface area contributed by atoms with E-state index in [1.165, 1.54) is 4.68 Å². The van der Waals surface area contributed by atoms with Crippen LogP contribution in [0.2, 0.25) is 0 Å². The Morgan fingerprint density at radius 1 is 0.976 bits per heavy atom. The zero-order valence-electron chi connectivity index (χ0n) is 22.4. The number of anilines is 3. The van der Waals surface area contributed by atoms with Crippen LogP contribution in [0, 0.1) is 6.92 Å². The number of hydrogen-bond acceptors (Lipinski definition) is 6. The SMILES string of the molecule is Cc1cc(C(=O)Nc2cccc(C(=O)c3ccc4c(c3)NC(=O)/C4=C\Nc3ccc(CCC(=O)O)cc3)c2)n(C)n1. The van der Waals surface area contributed by atoms with Gasteiger partial charge in [-0.15, -0.1) is 0 Å². The van der Waals surface area contributed by atoms with Crippen LogP contribution in [-0.2, 0) is 23.1 Å². The number of carbonyl (C=O) groups excluding carboxylic acids is 3. The van der Waals surface area contributed by atoms with Gasteiger partial charge in [0.05, 0.1) is 11.3 Å². The van der Waals surface area contributed by atoms with Crippen molar-refractivity contribution in [3.63, 3.8) is 0 Å². The normalized spacial score (nSPS) is 13.0. The van der Waals surface area contributed by atoms with Gasteiger partial charge in [0.15, 0.2) is 5.78 Å². The quantitative estimate of drug-likeness (QED) is 0.176. The van der Waals surface area contributed by atoms with E-state index in [4.69, 9.17) is 5.11 Å². The Labute approximate surface area is 235 Å². The number of aryl methyl sites for hydroxylation is 3. The van der Waals surface area contributed by atoms with Gasteiger partial charge in [-0.3, -0.25) is 23.9 Å². The summed E-state index contributed by atoms with van der Waals surface area (Å²) in [6.45, 7) is 1.80. The lowest BCUT2D eigenvalue weighted by Gasteiger charge is -2.08. The number of aliphatic carboxylic acids is 1. The molecule has 0 radical (unpaired) electrons. The van der Waals surface area contributed by atoms with E-state index in [9.17, 15) is 19.2 Å². The van der Waals surface area contributed by atoms with E-state index in [0.717, 1.165) is 16.9 Å². The molecule has 0 spiro atoms. The number of amides is 2. The third-order valence-electron chi connectivity index (χ3n) is 6.65. The van der Waals surface area contributed by atoms with Crippen molar-refractivity contribution in [3.8, 4) is 0 Å². The molecular weight excluding hydrogens is 522 g/mol. The molecular formula is C31H27N5O5. The molecule has 3 aromatic carbocycles. The maximum absolute atomic E-state index is 13.3. The Kier molecular flexibility index (Phi) is 7.47. The second-order valence-electron chi connectivity index (χ2n) is 9.67. The lowest BCUT2D eigenvalue weighted by atomic mass is 9.99. The first-order valence-electron chi connectivity index (χ1n) is 12.9. The highest BCUT2D eigenvalue weighted by molar-refractivity contribution is 6.32. The molecule has 0 aliphatic carbocycles. The number of hydrogen-bond donors (Lipinski definition) is 4. The van der Waals surface area contributed by atoms with Crippen LogP contribution in [0.4, 0.5) is 17.1 Å². The van der Waals surface area contributed by atoms with Crippen molar-refractivity contribution in [1.29, 1.82) is 0 Å². The molecule has 10 heteroatoms. The standard InChI is InChI=1S/C31H27N5O5/c1-18-14-27(36(2)35-18)31(41)33-23-5-3-4-20(15-23)29(39)21-9-12-24-25(30(40)34-26(24)16-21)17-32-22-10-6-19(7-11-22)8-13-28(37)38/h3-7,9-12,14-17,32H,8,13H2,1-2H3,(H,33,41)(H,34,40)(H,37,38)/b25-17-. The number of nitrogens with zero attached hydrogens (tertiary/aromatic N) is 2. The van der Waals surface area contributed by atoms with Gasteiger partial charge in [0, 0.05) is 53.4 Å². The van der Waals surface area contributed by atoms with Crippen molar-refractivity contribution < 1.29 is 24.3 Å². The van der Waals surface area contributed by atoms with Crippen LogP contribution in [0.1, 0.15) is 49.7 Å². The summed E-state index contributed by atoms with van der Waals surface area (Å²) in [5, 5.41) is 21.7. The highest BCUT2D eigenvalue weighted by Crippen LogP contribution is 2.33. The molecule has 1 aliphatic rings. The van der Waals surface area contributed by atoms with Gasteiger partial charge in [-0.25, -0.2) is 0 Å². The monoisotopic (exact) mass is 549 g/mol. The molecule has 1 aliphatic heterocycles. The fourth-order valence-electron chi connectivity index (χ4n) is 4.58. The second kappa shape index (κ2) is 11.3. The number of carbonyl (C=O) groups is 4. The molecule has 0 unspecified atom stereocenters. The average Bonchev–Trinajstić information content (AvgIpc) is 3.46. The largest absolute Gasteiger partial charge is 0.481 e. The molecule has 5 rings (SSSR count). The fourth-order valence-corrected chi connectivity index (χ4v) is 4.58. The van der Waals surface area contributed by atoms with Gasteiger partial charge in [0.2, 0.25) is 0 Å². The Balaban J connectivity index is 1.29. The van der Waals surface area contributed by atoms with Crippen molar-refractivity contribution >= 4 is 46.2 Å². The lowest BCUT2D eigenvalue weighted by molar-refractivity contribution is -0.137. The summed E-state index contributed by atoms with van der Waals surface area (Å²) in [5.41, 5.74) is 5.63. The summed E-state index contributed by atoms with van der Waals surface area (Å²) in [7, 11) is 1.69. The van der Waals surface area contributed by atoms with E-state index in [2.05, 4.69) is 21.0 Å². The molecule has 0 fully saturated rings. The Bertz CT molecular complexity index is 1720. The molecule has 0 saturated heterocycles. The van der Waals surface area contributed by atoms with E-state index in [-0.39, 0.29) is 24.0 Å².